The largest absolute Gasteiger partial charge is 0.339 e. The second-order valence-electron chi connectivity index (χ2n) is 8.02. The first-order chi connectivity index (χ1) is 15.2. The van der Waals surface area contributed by atoms with Crippen LogP contribution < -0.4 is 10.0 Å². The van der Waals surface area contributed by atoms with E-state index in [1.165, 1.54) is 36.4 Å². The number of benzene rings is 2. The molecule has 1 fully saturated rings. The standard InChI is InChI=1S/C23H28FN3O4S/c1-3-16(2)26-32(30,31)21-10-8-20(9-11-21)25-22(28)17-12-14-27(15-13-17)23(29)18-4-6-19(24)7-5-18/h4-11,16-17,26H,3,12-15H2,1-2H3,(H,25,28). The van der Waals surface area contributed by atoms with Crippen LogP contribution in [0, 0.1) is 11.7 Å². The van der Waals surface area contributed by atoms with E-state index in [0.717, 1.165) is 0 Å². The molecule has 1 heterocycles. The van der Waals surface area contributed by atoms with Crippen LogP contribution in [-0.2, 0) is 14.8 Å². The van der Waals surface area contributed by atoms with Gasteiger partial charge in [0.25, 0.3) is 5.91 Å². The summed E-state index contributed by atoms with van der Waals surface area (Å²) in [5, 5.41) is 2.82. The van der Waals surface area contributed by atoms with Crippen LogP contribution in [0.2, 0.25) is 0 Å². The van der Waals surface area contributed by atoms with Crippen LogP contribution in [0.1, 0.15) is 43.5 Å². The second-order valence-corrected chi connectivity index (χ2v) is 9.73. The monoisotopic (exact) mass is 461 g/mol. The van der Waals surface area contributed by atoms with Crippen LogP contribution >= 0.6 is 0 Å². The van der Waals surface area contributed by atoms with Gasteiger partial charge in [-0.3, -0.25) is 9.59 Å². The molecule has 7 nitrogen and oxygen atoms in total. The van der Waals surface area contributed by atoms with Crippen LogP contribution in [0.3, 0.4) is 0 Å². The normalized spacial score (nSPS) is 15.9. The lowest BCUT2D eigenvalue weighted by Gasteiger charge is -2.31. The number of piperidine rings is 1. The molecule has 0 spiro atoms. The van der Waals surface area contributed by atoms with Crippen molar-refractivity contribution in [2.75, 3.05) is 18.4 Å². The molecule has 1 aliphatic rings. The number of carbonyl (C=O) groups is 2. The van der Waals surface area contributed by atoms with E-state index in [0.29, 0.717) is 43.6 Å². The molecule has 0 aromatic heterocycles. The Morgan fingerprint density at radius 1 is 1.06 bits per heavy atom. The summed E-state index contributed by atoms with van der Waals surface area (Å²) < 4.78 is 40.3. The Bertz CT molecular complexity index is 1050. The summed E-state index contributed by atoms with van der Waals surface area (Å²) in [7, 11) is -3.60. The number of likely N-dealkylation sites (tertiary alicyclic amines) is 1. The first kappa shape index (κ1) is 23.9. The van der Waals surface area contributed by atoms with Crippen molar-refractivity contribution in [1.82, 2.24) is 9.62 Å². The Kier molecular flexibility index (Phi) is 7.63. The molecule has 0 saturated carbocycles. The fourth-order valence-corrected chi connectivity index (χ4v) is 4.82. The Balaban J connectivity index is 1.53. The average Bonchev–Trinajstić information content (AvgIpc) is 2.79. The first-order valence-corrected chi connectivity index (χ1v) is 12.2. The number of hydrogen-bond donors (Lipinski definition) is 2. The second kappa shape index (κ2) is 10.2. The van der Waals surface area contributed by atoms with Crippen LogP contribution in [0.15, 0.2) is 53.4 Å². The Morgan fingerprint density at radius 2 is 1.66 bits per heavy atom. The molecule has 0 radical (unpaired) electrons. The molecule has 2 N–H and O–H groups in total. The molecule has 0 bridgehead atoms. The average molecular weight is 462 g/mol. The van der Waals surface area contributed by atoms with Gasteiger partial charge in [-0.05, 0) is 74.7 Å². The van der Waals surface area contributed by atoms with Crippen LogP contribution in [0.5, 0.6) is 0 Å². The number of nitrogens with zero attached hydrogens (tertiary/aromatic N) is 1. The highest BCUT2D eigenvalue weighted by Crippen LogP contribution is 2.22. The van der Waals surface area contributed by atoms with Crippen LogP contribution in [0.4, 0.5) is 10.1 Å². The smallest absolute Gasteiger partial charge is 0.253 e. The molecular formula is C23H28FN3O4S. The summed E-state index contributed by atoms with van der Waals surface area (Å²) in [6, 6.07) is 11.3. The topological polar surface area (TPSA) is 95.6 Å². The molecule has 1 unspecified atom stereocenters. The zero-order chi connectivity index (χ0) is 23.3. The molecule has 32 heavy (non-hydrogen) atoms. The molecular weight excluding hydrogens is 433 g/mol. The zero-order valence-electron chi connectivity index (χ0n) is 18.2. The molecule has 1 saturated heterocycles. The van der Waals surface area contributed by atoms with E-state index in [4.69, 9.17) is 0 Å². The van der Waals surface area contributed by atoms with Gasteiger partial charge in [0.2, 0.25) is 15.9 Å². The van der Waals surface area contributed by atoms with Crippen molar-refractivity contribution in [2.45, 2.75) is 44.0 Å². The van der Waals surface area contributed by atoms with Crippen molar-refractivity contribution in [1.29, 1.82) is 0 Å². The molecule has 3 rings (SSSR count). The first-order valence-electron chi connectivity index (χ1n) is 10.7. The maximum atomic E-state index is 13.1. The van der Waals surface area contributed by atoms with E-state index < -0.39 is 15.8 Å². The molecule has 2 aromatic carbocycles. The minimum absolute atomic E-state index is 0.142. The number of carbonyl (C=O) groups excluding carboxylic acids is 2. The van der Waals surface area contributed by atoms with Crippen LogP contribution in [-0.4, -0.2) is 44.3 Å². The number of halogens is 1. The van der Waals surface area contributed by atoms with Gasteiger partial charge in [-0.15, -0.1) is 0 Å². The van der Waals surface area contributed by atoms with Gasteiger partial charge in [-0.25, -0.2) is 17.5 Å². The SMILES string of the molecule is CCC(C)NS(=O)(=O)c1ccc(NC(=O)C2CCN(C(=O)c3ccc(F)cc3)CC2)cc1. The molecule has 0 aliphatic carbocycles. The van der Waals surface area contributed by atoms with Gasteiger partial charge in [0.1, 0.15) is 5.82 Å². The van der Waals surface area contributed by atoms with Gasteiger partial charge in [-0.2, -0.15) is 0 Å². The fraction of sp³-hybridized carbons (Fsp3) is 0.391. The minimum atomic E-state index is -3.60. The molecule has 1 atom stereocenters. The summed E-state index contributed by atoms with van der Waals surface area (Å²) in [4.78, 5) is 27.0. The summed E-state index contributed by atoms with van der Waals surface area (Å²) in [6.07, 6.45) is 1.72. The molecule has 2 aromatic rings. The highest BCUT2D eigenvalue weighted by atomic mass is 32.2. The summed E-state index contributed by atoms with van der Waals surface area (Å²) in [5.74, 6) is -0.976. The van der Waals surface area contributed by atoms with Crippen molar-refractivity contribution in [3.63, 3.8) is 0 Å². The third kappa shape index (κ3) is 5.92. The zero-order valence-corrected chi connectivity index (χ0v) is 19.0. The third-order valence-electron chi connectivity index (χ3n) is 5.64. The summed E-state index contributed by atoms with van der Waals surface area (Å²) in [5.41, 5.74) is 0.939. The van der Waals surface area contributed by atoms with Crippen molar-refractivity contribution in [3.8, 4) is 0 Å². The van der Waals surface area contributed by atoms with E-state index >= 15 is 0 Å². The van der Waals surface area contributed by atoms with E-state index in [1.807, 2.05) is 6.92 Å². The highest BCUT2D eigenvalue weighted by Gasteiger charge is 2.28. The minimum Gasteiger partial charge on any atom is -0.339 e. The molecule has 172 valence electrons. The fourth-order valence-electron chi connectivity index (χ4n) is 3.50. The van der Waals surface area contributed by atoms with E-state index in [1.54, 1.807) is 24.0 Å². The highest BCUT2D eigenvalue weighted by molar-refractivity contribution is 7.89. The lowest BCUT2D eigenvalue weighted by Crippen LogP contribution is -2.41. The van der Waals surface area contributed by atoms with Gasteiger partial charge in [-0.1, -0.05) is 6.92 Å². The Labute approximate surface area is 188 Å². The number of amides is 2. The van der Waals surface area contributed by atoms with Crippen molar-refractivity contribution in [2.24, 2.45) is 5.92 Å². The maximum absolute atomic E-state index is 13.1. The molecule has 2 amide bonds. The maximum Gasteiger partial charge on any atom is 0.253 e. The number of hydrogen-bond acceptors (Lipinski definition) is 4. The van der Waals surface area contributed by atoms with E-state index in [-0.39, 0.29) is 28.7 Å². The summed E-state index contributed by atoms with van der Waals surface area (Å²) >= 11 is 0. The van der Waals surface area contributed by atoms with E-state index in [2.05, 4.69) is 10.0 Å². The van der Waals surface area contributed by atoms with Gasteiger partial charge < -0.3 is 10.2 Å². The Morgan fingerprint density at radius 3 is 2.22 bits per heavy atom. The van der Waals surface area contributed by atoms with E-state index in [9.17, 15) is 22.4 Å². The van der Waals surface area contributed by atoms with Gasteiger partial charge in [0.15, 0.2) is 0 Å². The molecule has 9 heteroatoms. The predicted molar refractivity (Wildman–Crippen MR) is 120 cm³/mol. The lowest BCUT2D eigenvalue weighted by molar-refractivity contribution is -0.121. The van der Waals surface area contributed by atoms with Crippen LogP contribution in [0.25, 0.3) is 0 Å². The number of anilines is 1. The number of sulfonamides is 1. The van der Waals surface area contributed by atoms with Gasteiger partial charge in [0, 0.05) is 36.3 Å². The third-order valence-corrected chi connectivity index (χ3v) is 7.25. The van der Waals surface area contributed by atoms with Gasteiger partial charge in [0.05, 0.1) is 4.90 Å². The van der Waals surface area contributed by atoms with Crippen molar-refractivity contribution in [3.05, 3.63) is 59.9 Å². The molecule has 1 aliphatic heterocycles. The summed E-state index contributed by atoms with van der Waals surface area (Å²) in [6.45, 7) is 4.57. The Hall–Kier alpha value is -2.78. The number of nitrogens with one attached hydrogen (secondary N) is 2. The number of rotatable bonds is 7. The van der Waals surface area contributed by atoms with Crippen molar-refractivity contribution < 1.29 is 22.4 Å². The lowest BCUT2D eigenvalue weighted by atomic mass is 9.95. The quantitative estimate of drug-likeness (QED) is 0.661. The van der Waals surface area contributed by atoms with Crippen molar-refractivity contribution >= 4 is 27.5 Å². The predicted octanol–water partition coefficient (Wildman–Crippen LogP) is 3.39. The van der Waals surface area contributed by atoms with Gasteiger partial charge >= 0.3 is 0 Å².